The minimum Gasteiger partial charge on any atom is -0.465 e. The number of thioether (sulfide) groups is 1. The van der Waals surface area contributed by atoms with Crippen molar-refractivity contribution in [1.82, 2.24) is 9.97 Å². The lowest BCUT2D eigenvalue weighted by Gasteiger charge is -1.98. The molecular weight excluding hydrogens is 304 g/mol. The molecule has 0 aliphatic rings. The van der Waals surface area contributed by atoms with Gasteiger partial charge in [0.2, 0.25) is 0 Å². The number of esters is 1. The van der Waals surface area contributed by atoms with Crippen LogP contribution in [-0.4, -0.2) is 28.3 Å². The second kappa shape index (κ2) is 5.55. The number of hydrogen-bond donors (Lipinski definition) is 1. The van der Waals surface area contributed by atoms with Crippen LogP contribution in [0.2, 0.25) is 0 Å². The molecule has 4 nitrogen and oxygen atoms in total. The number of imidazole rings is 1. The Kier molecular flexibility index (Phi) is 4.06. The number of nitrogens with zero attached hydrogens (tertiary/aromatic N) is 1. The Morgan fingerprint density at radius 3 is 3.18 bits per heavy atom. The summed E-state index contributed by atoms with van der Waals surface area (Å²) >= 11 is 4.74. The van der Waals surface area contributed by atoms with E-state index in [-0.39, 0.29) is 11.7 Å². The molecule has 1 heterocycles. The minimum atomic E-state index is -0.223. The first-order valence-electron chi connectivity index (χ1n) is 5.12. The van der Waals surface area contributed by atoms with Gasteiger partial charge in [0.25, 0.3) is 0 Å². The van der Waals surface area contributed by atoms with E-state index in [1.807, 2.05) is 18.2 Å². The number of ether oxygens (including phenoxy) is 1. The van der Waals surface area contributed by atoms with E-state index in [9.17, 15) is 4.79 Å². The molecule has 90 valence electrons. The number of H-pyrrole nitrogens is 1. The lowest BCUT2D eigenvalue weighted by molar-refractivity contribution is -0.139. The van der Waals surface area contributed by atoms with Crippen molar-refractivity contribution in [3.05, 3.63) is 22.7 Å². The van der Waals surface area contributed by atoms with Crippen LogP contribution in [0.15, 0.2) is 27.8 Å². The smallest absolute Gasteiger partial charge is 0.316 e. The lowest BCUT2D eigenvalue weighted by Crippen LogP contribution is -2.06. The third-order valence-corrected chi connectivity index (χ3v) is 3.39. The third kappa shape index (κ3) is 3.23. The molecule has 2 rings (SSSR count). The minimum absolute atomic E-state index is 0.223. The Morgan fingerprint density at radius 2 is 2.41 bits per heavy atom. The second-order valence-electron chi connectivity index (χ2n) is 3.30. The summed E-state index contributed by atoms with van der Waals surface area (Å²) in [4.78, 5) is 18.7. The van der Waals surface area contributed by atoms with Crippen molar-refractivity contribution in [3.8, 4) is 0 Å². The summed E-state index contributed by atoms with van der Waals surface area (Å²) in [6, 6.07) is 5.81. The molecule has 0 spiro atoms. The summed E-state index contributed by atoms with van der Waals surface area (Å²) in [7, 11) is 0. The number of carbonyl (C=O) groups excluding carboxylic acids is 1. The maximum Gasteiger partial charge on any atom is 0.316 e. The van der Waals surface area contributed by atoms with Crippen molar-refractivity contribution in [2.24, 2.45) is 0 Å². The van der Waals surface area contributed by atoms with E-state index in [0.717, 1.165) is 20.7 Å². The Labute approximate surface area is 111 Å². The quantitative estimate of drug-likeness (QED) is 0.696. The maximum absolute atomic E-state index is 11.2. The van der Waals surface area contributed by atoms with Gasteiger partial charge in [-0.05, 0) is 25.1 Å². The number of carbonyl (C=O) groups is 1. The zero-order chi connectivity index (χ0) is 12.3. The van der Waals surface area contributed by atoms with E-state index < -0.39 is 0 Å². The van der Waals surface area contributed by atoms with Gasteiger partial charge < -0.3 is 9.72 Å². The molecule has 1 aromatic carbocycles. The van der Waals surface area contributed by atoms with Gasteiger partial charge in [0.1, 0.15) is 0 Å². The highest BCUT2D eigenvalue weighted by molar-refractivity contribution is 9.10. The molecule has 1 aromatic heterocycles. The first kappa shape index (κ1) is 12.4. The van der Waals surface area contributed by atoms with Crippen LogP contribution in [0.3, 0.4) is 0 Å². The number of benzene rings is 1. The van der Waals surface area contributed by atoms with Gasteiger partial charge in [-0.25, -0.2) is 4.98 Å². The molecule has 0 fully saturated rings. The fraction of sp³-hybridized carbons (Fsp3) is 0.273. The normalized spacial score (nSPS) is 10.7. The van der Waals surface area contributed by atoms with Crippen molar-refractivity contribution >= 4 is 44.7 Å². The molecule has 0 bridgehead atoms. The number of halogens is 1. The van der Waals surface area contributed by atoms with Crippen LogP contribution < -0.4 is 0 Å². The number of fused-ring (bicyclic) bond motifs is 1. The topological polar surface area (TPSA) is 55.0 Å². The molecule has 2 aromatic rings. The van der Waals surface area contributed by atoms with Crippen molar-refractivity contribution in [2.45, 2.75) is 12.1 Å². The van der Waals surface area contributed by atoms with Gasteiger partial charge in [0, 0.05) is 4.47 Å². The monoisotopic (exact) mass is 314 g/mol. The fourth-order valence-electron chi connectivity index (χ4n) is 1.36. The molecule has 0 amide bonds. The first-order chi connectivity index (χ1) is 8.19. The average molecular weight is 315 g/mol. The van der Waals surface area contributed by atoms with Crippen molar-refractivity contribution in [1.29, 1.82) is 0 Å². The molecule has 0 saturated carbocycles. The van der Waals surface area contributed by atoms with Crippen molar-refractivity contribution < 1.29 is 9.53 Å². The van der Waals surface area contributed by atoms with Crippen molar-refractivity contribution in [2.75, 3.05) is 12.4 Å². The molecule has 0 unspecified atom stereocenters. The van der Waals surface area contributed by atoms with Crippen LogP contribution in [0, 0.1) is 0 Å². The Bertz CT molecular complexity index is 541. The summed E-state index contributed by atoms with van der Waals surface area (Å²) < 4.78 is 5.84. The average Bonchev–Trinajstić information content (AvgIpc) is 2.68. The third-order valence-electron chi connectivity index (χ3n) is 2.05. The van der Waals surface area contributed by atoms with E-state index in [2.05, 4.69) is 25.9 Å². The standard InChI is InChI=1S/C11H11BrN2O2S/c1-2-16-10(15)6-17-11-13-8-4-3-7(12)5-9(8)14-11/h3-5H,2,6H2,1H3,(H,13,14). The van der Waals surface area contributed by atoms with E-state index >= 15 is 0 Å². The van der Waals surface area contributed by atoms with E-state index in [1.165, 1.54) is 11.8 Å². The molecular formula is C11H11BrN2O2S. The van der Waals surface area contributed by atoms with Crippen molar-refractivity contribution in [3.63, 3.8) is 0 Å². The fourth-order valence-corrected chi connectivity index (χ4v) is 2.40. The van der Waals surface area contributed by atoms with Crippen LogP contribution in [-0.2, 0) is 9.53 Å². The maximum atomic E-state index is 11.2. The van der Waals surface area contributed by atoms with Gasteiger partial charge in [0.05, 0.1) is 23.4 Å². The summed E-state index contributed by atoms with van der Waals surface area (Å²) in [6.07, 6.45) is 0. The number of rotatable bonds is 4. The predicted molar refractivity (Wildman–Crippen MR) is 71.2 cm³/mol. The Balaban J connectivity index is 2.07. The molecule has 0 aliphatic heterocycles. The van der Waals surface area contributed by atoms with Crippen LogP contribution >= 0.6 is 27.7 Å². The summed E-state index contributed by atoms with van der Waals surface area (Å²) in [6.45, 7) is 2.20. The highest BCUT2D eigenvalue weighted by Gasteiger charge is 2.07. The van der Waals surface area contributed by atoms with Gasteiger partial charge >= 0.3 is 5.97 Å². The molecule has 0 aliphatic carbocycles. The van der Waals surface area contributed by atoms with E-state index in [1.54, 1.807) is 6.92 Å². The number of aromatic nitrogens is 2. The Morgan fingerprint density at radius 1 is 1.59 bits per heavy atom. The van der Waals surface area contributed by atoms with Gasteiger partial charge in [-0.1, -0.05) is 27.7 Å². The summed E-state index contributed by atoms with van der Waals surface area (Å²) in [5, 5.41) is 0.728. The SMILES string of the molecule is CCOC(=O)CSc1nc2ccc(Br)cc2[nH]1. The highest BCUT2D eigenvalue weighted by atomic mass is 79.9. The van der Waals surface area contributed by atoms with E-state index in [4.69, 9.17) is 4.74 Å². The predicted octanol–water partition coefficient (Wildman–Crippen LogP) is 2.98. The first-order valence-corrected chi connectivity index (χ1v) is 6.90. The van der Waals surface area contributed by atoms with Crippen LogP contribution in [0.4, 0.5) is 0 Å². The molecule has 1 N–H and O–H groups in total. The van der Waals surface area contributed by atoms with Gasteiger partial charge in [-0.2, -0.15) is 0 Å². The van der Waals surface area contributed by atoms with Crippen LogP contribution in [0.25, 0.3) is 11.0 Å². The zero-order valence-corrected chi connectivity index (χ0v) is 11.6. The molecule has 0 radical (unpaired) electrons. The van der Waals surface area contributed by atoms with Gasteiger partial charge in [0.15, 0.2) is 5.16 Å². The molecule has 0 atom stereocenters. The Hall–Kier alpha value is -1.01. The zero-order valence-electron chi connectivity index (χ0n) is 9.20. The summed E-state index contributed by atoms with van der Waals surface area (Å²) in [5.41, 5.74) is 1.84. The lowest BCUT2D eigenvalue weighted by atomic mass is 10.3. The largest absolute Gasteiger partial charge is 0.465 e. The second-order valence-corrected chi connectivity index (χ2v) is 5.18. The molecule has 17 heavy (non-hydrogen) atoms. The number of aromatic amines is 1. The van der Waals surface area contributed by atoms with E-state index in [0.29, 0.717) is 6.61 Å². The molecule has 6 heteroatoms. The van der Waals surface area contributed by atoms with Crippen LogP contribution in [0.1, 0.15) is 6.92 Å². The highest BCUT2D eigenvalue weighted by Crippen LogP contribution is 2.22. The van der Waals surface area contributed by atoms with Gasteiger partial charge in [-0.3, -0.25) is 4.79 Å². The number of hydrogen-bond acceptors (Lipinski definition) is 4. The van der Waals surface area contributed by atoms with Crippen LogP contribution in [0.5, 0.6) is 0 Å². The summed E-state index contributed by atoms with van der Waals surface area (Å²) in [5.74, 6) is 0.0496. The molecule has 0 saturated heterocycles. The number of nitrogens with one attached hydrogen (secondary N) is 1. The van der Waals surface area contributed by atoms with Gasteiger partial charge in [-0.15, -0.1) is 0 Å².